The number of aromatic nitrogens is 1. The number of carbonyl (C=O) groups excluding carboxylic acids is 4. The number of thiazole rings is 1. The number of rotatable bonds is 3. The van der Waals surface area contributed by atoms with E-state index in [1.165, 1.54) is 21.1 Å². The van der Waals surface area contributed by atoms with Crippen molar-refractivity contribution in [2.24, 2.45) is 5.92 Å². The summed E-state index contributed by atoms with van der Waals surface area (Å²) in [5.41, 5.74) is 7.77. The van der Waals surface area contributed by atoms with Crippen molar-refractivity contribution in [2.75, 3.05) is 18.8 Å². The number of fused-ring (bicyclic) bond motifs is 3. The molecule has 0 bridgehead atoms. The Labute approximate surface area is 271 Å². The van der Waals surface area contributed by atoms with E-state index in [9.17, 15) is 29.1 Å². The second-order valence-electron chi connectivity index (χ2n) is 13.4. The first-order valence-electron chi connectivity index (χ1n) is 15.7. The second-order valence-corrected chi connectivity index (χ2v) is 14.5. The van der Waals surface area contributed by atoms with E-state index in [4.69, 9.17) is 15.2 Å². The maximum atomic E-state index is 14.3. The third-order valence-electron chi connectivity index (χ3n) is 8.70. The summed E-state index contributed by atoms with van der Waals surface area (Å²) in [6.07, 6.45) is 2.87. The number of nitrogens with zero attached hydrogens (tertiary/aromatic N) is 3. The SMILES string of the molecule is C[C@@H]1CCCCC=C=C2C[C@@]2(C(=O)O)NC(=O)[C@@H]2C[C@@H](OC(=O)N3CCc4nc(N)sc4C3)CN2C(=O)C1NC(=O)OC(C)(C)C. The highest BCUT2D eigenvalue weighted by Crippen LogP contribution is 2.43. The average Bonchev–Trinajstić information content (AvgIpc) is 3.29. The lowest BCUT2D eigenvalue weighted by molar-refractivity contribution is -0.145. The van der Waals surface area contributed by atoms with Gasteiger partial charge in [0, 0.05) is 36.3 Å². The van der Waals surface area contributed by atoms with Crippen LogP contribution >= 0.6 is 11.3 Å². The van der Waals surface area contributed by atoms with E-state index in [2.05, 4.69) is 21.3 Å². The molecule has 15 heteroatoms. The molecule has 5 N–H and O–H groups in total. The molecule has 14 nitrogen and oxygen atoms in total. The predicted octanol–water partition coefficient (Wildman–Crippen LogP) is 2.72. The van der Waals surface area contributed by atoms with E-state index < -0.39 is 59.3 Å². The Bertz CT molecular complexity index is 1480. The number of carboxylic acids is 1. The van der Waals surface area contributed by atoms with E-state index in [1.807, 2.05) is 6.92 Å². The van der Waals surface area contributed by atoms with Crippen LogP contribution in [-0.2, 0) is 36.8 Å². The van der Waals surface area contributed by atoms with Gasteiger partial charge < -0.3 is 40.7 Å². The average molecular weight is 659 g/mol. The quantitative estimate of drug-likeness (QED) is 0.351. The topological polar surface area (TPSA) is 193 Å². The van der Waals surface area contributed by atoms with Crippen LogP contribution in [0.3, 0.4) is 0 Å². The fourth-order valence-corrected chi connectivity index (χ4v) is 7.06. The minimum absolute atomic E-state index is 0.0476. The Morgan fingerprint density at radius 1 is 1.26 bits per heavy atom. The predicted molar refractivity (Wildman–Crippen MR) is 167 cm³/mol. The highest BCUT2D eigenvalue weighted by atomic mass is 32.1. The van der Waals surface area contributed by atoms with Crippen molar-refractivity contribution in [3.8, 4) is 0 Å². The Hall–Kier alpha value is -4.10. The van der Waals surface area contributed by atoms with Crippen LogP contribution in [0.1, 0.15) is 76.8 Å². The second kappa shape index (κ2) is 13.0. The third-order valence-corrected chi connectivity index (χ3v) is 9.61. The number of nitrogens with two attached hydrogens (primary N) is 1. The van der Waals surface area contributed by atoms with Gasteiger partial charge in [0.2, 0.25) is 11.8 Å². The molecular weight excluding hydrogens is 616 g/mol. The van der Waals surface area contributed by atoms with Gasteiger partial charge in [-0.25, -0.2) is 19.4 Å². The van der Waals surface area contributed by atoms with Crippen LogP contribution in [-0.4, -0.2) is 92.3 Å². The van der Waals surface area contributed by atoms with Gasteiger partial charge in [0.1, 0.15) is 23.8 Å². The van der Waals surface area contributed by atoms with Crippen molar-refractivity contribution in [3.63, 3.8) is 0 Å². The van der Waals surface area contributed by atoms with Crippen molar-refractivity contribution in [1.29, 1.82) is 0 Å². The Morgan fingerprint density at radius 3 is 2.74 bits per heavy atom. The van der Waals surface area contributed by atoms with Gasteiger partial charge in [-0.15, -0.1) is 17.1 Å². The first-order chi connectivity index (χ1) is 21.7. The van der Waals surface area contributed by atoms with Crippen molar-refractivity contribution in [3.05, 3.63) is 28.0 Å². The zero-order valence-corrected chi connectivity index (χ0v) is 27.4. The monoisotopic (exact) mass is 658 g/mol. The maximum absolute atomic E-state index is 14.3. The number of alkyl carbamates (subject to hydrolysis) is 1. The molecule has 1 unspecified atom stereocenters. The minimum atomic E-state index is -1.61. The summed E-state index contributed by atoms with van der Waals surface area (Å²) >= 11 is 1.31. The summed E-state index contributed by atoms with van der Waals surface area (Å²) < 4.78 is 11.3. The molecule has 4 amide bonds. The van der Waals surface area contributed by atoms with E-state index in [1.54, 1.807) is 26.8 Å². The van der Waals surface area contributed by atoms with E-state index in [-0.39, 0.29) is 31.8 Å². The number of ether oxygens (including phenoxy) is 2. The van der Waals surface area contributed by atoms with E-state index in [0.29, 0.717) is 36.5 Å². The van der Waals surface area contributed by atoms with Gasteiger partial charge in [0.05, 0.1) is 18.8 Å². The van der Waals surface area contributed by atoms with Crippen molar-refractivity contribution >= 4 is 46.4 Å². The van der Waals surface area contributed by atoms with Gasteiger partial charge in [0.25, 0.3) is 0 Å². The number of carboxylic acid groups (broad SMARTS) is 1. The molecule has 1 saturated heterocycles. The normalized spacial score (nSPS) is 28.4. The Morgan fingerprint density at radius 2 is 2.02 bits per heavy atom. The Balaban J connectivity index is 1.40. The highest BCUT2D eigenvalue weighted by Gasteiger charge is 2.59. The molecule has 3 aliphatic heterocycles. The van der Waals surface area contributed by atoms with Crippen LogP contribution in [0, 0.1) is 5.92 Å². The largest absolute Gasteiger partial charge is 0.479 e. The van der Waals surface area contributed by atoms with Crippen LogP contribution in [0.2, 0.25) is 0 Å². The van der Waals surface area contributed by atoms with Gasteiger partial charge in [0.15, 0.2) is 10.7 Å². The standard InChI is InChI=1S/C31H42N6O8S/c1-17-9-7-5-6-8-10-18-14-31(18,26(40)41)35-24(38)21-13-19(15-37(21)25(39)23(17)34-28(42)45-30(2,3)4)44-29(43)36-12-11-20-22(16-36)46-27(32)33-20/h8,17,19,21,23H,5-7,9,11-16H2,1-4H3,(H2,32,33)(H,34,42)(H,35,38)(H,40,41)/t10?,17-,19-,21+,23?,31-/m1/s1. The van der Waals surface area contributed by atoms with Crippen LogP contribution in [0.25, 0.3) is 0 Å². The first kappa shape index (κ1) is 33.3. The summed E-state index contributed by atoms with van der Waals surface area (Å²) in [7, 11) is 0. The smallest absolute Gasteiger partial charge is 0.410 e. The van der Waals surface area contributed by atoms with Crippen molar-refractivity contribution in [2.45, 2.75) is 109 Å². The molecule has 5 atom stereocenters. The van der Waals surface area contributed by atoms with E-state index >= 15 is 0 Å². The van der Waals surface area contributed by atoms with Gasteiger partial charge in [-0.1, -0.05) is 13.3 Å². The molecule has 5 rings (SSSR count). The van der Waals surface area contributed by atoms with Crippen molar-refractivity contribution in [1.82, 2.24) is 25.4 Å². The molecule has 250 valence electrons. The number of nitrogens with one attached hydrogen (secondary N) is 2. The number of hydrogen-bond donors (Lipinski definition) is 4. The maximum Gasteiger partial charge on any atom is 0.410 e. The molecular formula is C31H42N6O8S. The lowest BCUT2D eigenvalue weighted by Gasteiger charge is -2.32. The fraction of sp³-hybridized carbons (Fsp3) is 0.645. The number of hydrogen-bond acceptors (Lipinski definition) is 10. The summed E-state index contributed by atoms with van der Waals surface area (Å²) in [6, 6.07) is -2.19. The van der Waals surface area contributed by atoms with Crippen LogP contribution < -0.4 is 16.4 Å². The first-order valence-corrected chi connectivity index (χ1v) is 16.5. The third kappa shape index (κ3) is 7.31. The molecule has 0 spiro atoms. The number of aliphatic carboxylic acids is 1. The molecule has 0 aromatic carbocycles. The molecule has 4 heterocycles. The summed E-state index contributed by atoms with van der Waals surface area (Å²) in [4.78, 5) is 74.5. The van der Waals surface area contributed by atoms with Crippen LogP contribution in [0.5, 0.6) is 0 Å². The molecule has 1 aromatic rings. The number of anilines is 1. The molecule has 0 radical (unpaired) electrons. The van der Waals surface area contributed by atoms with Crippen LogP contribution in [0.15, 0.2) is 17.4 Å². The molecule has 4 aliphatic rings. The van der Waals surface area contributed by atoms with E-state index in [0.717, 1.165) is 23.4 Å². The number of nitrogen functional groups attached to an aromatic ring is 1. The summed E-state index contributed by atoms with van der Waals surface area (Å²) in [5.74, 6) is -2.77. The van der Waals surface area contributed by atoms with Gasteiger partial charge in [-0.05, 0) is 52.0 Å². The molecule has 1 aliphatic carbocycles. The fourth-order valence-electron chi connectivity index (χ4n) is 6.17. The summed E-state index contributed by atoms with van der Waals surface area (Å²) in [5, 5.41) is 15.8. The molecule has 46 heavy (non-hydrogen) atoms. The Kier molecular flexibility index (Phi) is 9.37. The van der Waals surface area contributed by atoms with Crippen LogP contribution in [0.4, 0.5) is 14.7 Å². The molecule has 1 aromatic heterocycles. The number of carbonyl (C=O) groups is 5. The van der Waals surface area contributed by atoms with Crippen molar-refractivity contribution < 1.29 is 38.6 Å². The zero-order valence-electron chi connectivity index (χ0n) is 26.6. The lowest BCUT2D eigenvalue weighted by Crippen LogP contribution is -2.57. The van der Waals surface area contributed by atoms with Gasteiger partial charge >= 0.3 is 18.2 Å². The summed E-state index contributed by atoms with van der Waals surface area (Å²) in [6.45, 7) is 7.54. The zero-order chi connectivity index (χ0) is 33.4. The lowest BCUT2D eigenvalue weighted by atomic mass is 9.94. The molecule has 1 saturated carbocycles. The van der Waals surface area contributed by atoms with Gasteiger partial charge in [-0.3, -0.25) is 9.59 Å². The highest BCUT2D eigenvalue weighted by molar-refractivity contribution is 7.15. The number of amides is 4. The minimum Gasteiger partial charge on any atom is -0.479 e. The molecule has 2 fully saturated rings. The van der Waals surface area contributed by atoms with Gasteiger partial charge in [-0.2, -0.15) is 0 Å².